The number of carbonyl (C=O) groups is 2. The molecule has 1 aromatic heterocycles. The van der Waals surface area contributed by atoms with Crippen LogP contribution in [0.1, 0.15) is 35.9 Å². The van der Waals surface area contributed by atoms with Gasteiger partial charge in [0.2, 0.25) is 0 Å². The van der Waals surface area contributed by atoms with E-state index in [4.69, 9.17) is 9.47 Å². The molecule has 1 amide bonds. The Morgan fingerprint density at radius 3 is 2.59 bits per heavy atom. The Morgan fingerprint density at radius 1 is 1.09 bits per heavy atom. The average Bonchev–Trinajstić information content (AvgIpc) is 3.45. The molecule has 1 atom stereocenters. The number of benzene rings is 2. The predicted molar refractivity (Wildman–Crippen MR) is 132 cm³/mol. The summed E-state index contributed by atoms with van der Waals surface area (Å²) in [5.74, 6) is -0.162. The van der Waals surface area contributed by atoms with Crippen LogP contribution in [0.25, 0.3) is 5.76 Å². The Balaban J connectivity index is 1.83. The Labute approximate surface area is 203 Å². The first kappa shape index (κ1) is 23.6. The summed E-state index contributed by atoms with van der Waals surface area (Å²) in [6.07, 6.45) is 0. The number of aliphatic hydroxyl groups is 1. The molecule has 0 saturated carbocycles. The molecule has 7 heteroatoms. The first-order valence-corrected chi connectivity index (χ1v) is 12.0. The van der Waals surface area contributed by atoms with Gasteiger partial charge < -0.3 is 19.5 Å². The summed E-state index contributed by atoms with van der Waals surface area (Å²) >= 11 is 1.50. The van der Waals surface area contributed by atoms with Gasteiger partial charge in [0.1, 0.15) is 17.3 Å². The molecule has 176 valence electrons. The summed E-state index contributed by atoms with van der Waals surface area (Å²) in [6.45, 7) is 4.87. The number of amides is 1. The van der Waals surface area contributed by atoms with Crippen molar-refractivity contribution in [2.24, 2.45) is 5.92 Å². The summed E-state index contributed by atoms with van der Waals surface area (Å²) in [5, 5.41) is 13.3. The third-order valence-corrected chi connectivity index (χ3v) is 6.43. The van der Waals surface area contributed by atoms with Crippen LogP contribution in [0.4, 0.5) is 0 Å². The molecule has 6 nitrogen and oxygen atoms in total. The maximum absolute atomic E-state index is 13.3. The third kappa shape index (κ3) is 4.70. The summed E-state index contributed by atoms with van der Waals surface area (Å²) in [7, 11) is 1.54. The third-order valence-electron chi connectivity index (χ3n) is 5.57. The molecular formula is C27H27NO5S. The molecule has 3 aromatic rings. The van der Waals surface area contributed by atoms with Crippen molar-refractivity contribution in [3.05, 3.63) is 87.6 Å². The molecule has 1 N–H and O–H groups in total. The van der Waals surface area contributed by atoms with E-state index < -0.39 is 17.7 Å². The van der Waals surface area contributed by atoms with E-state index in [0.29, 0.717) is 35.2 Å². The van der Waals surface area contributed by atoms with Gasteiger partial charge in [0, 0.05) is 16.0 Å². The second-order valence-corrected chi connectivity index (χ2v) is 9.51. The van der Waals surface area contributed by atoms with Gasteiger partial charge in [-0.2, -0.15) is 0 Å². The van der Waals surface area contributed by atoms with Gasteiger partial charge in [-0.15, -0.1) is 11.3 Å². The number of nitrogens with zero attached hydrogens (tertiary/aromatic N) is 1. The fourth-order valence-electron chi connectivity index (χ4n) is 3.98. The molecule has 1 aliphatic rings. The minimum atomic E-state index is -0.793. The zero-order valence-corrected chi connectivity index (χ0v) is 20.2. The molecule has 34 heavy (non-hydrogen) atoms. The Bertz CT molecular complexity index is 1220. The van der Waals surface area contributed by atoms with Gasteiger partial charge in [-0.05, 0) is 35.6 Å². The lowest BCUT2D eigenvalue weighted by Crippen LogP contribution is -2.29. The number of likely N-dealkylation sites (tertiary alicyclic amines) is 1. The lowest BCUT2D eigenvalue weighted by Gasteiger charge is -2.26. The fraction of sp³-hybridized carbons (Fsp3) is 0.259. The maximum Gasteiger partial charge on any atom is 0.295 e. The van der Waals surface area contributed by atoms with Crippen molar-refractivity contribution in [2.75, 3.05) is 13.7 Å². The summed E-state index contributed by atoms with van der Waals surface area (Å²) in [6, 6.07) is 17.2. The molecule has 1 unspecified atom stereocenters. The smallest absolute Gasteiger partial charge is 0.295 e. The molecule has 2 aromatic carbocycles. The van der Waals surface area contributed by atoms with Crippen LogP contribution in [0.3, 0.4) is 0 Å². The van der Waals surface area contributed by atoms with Gasteiger partial charge in [0.25, 0.3) is 11.7 Å². The van der Waals surface area contributed by atoms with Crippen LogP contribution in [-0.2, 0) is 16.1 Å². The maximum atomic E-state index is 13.3. The van der Waals surface area contributed by atoms with Crippen molar-refractivity contribution in [3.63, 3.8) is 0 Å². The van der Waals surface area contributed by atoms with Crippen molar-refractivity contribution in [2.45, 2.75) is 26.4 Å². The van der Waals surface area contributed by atoms with E-state index in [0.717, 1.165) is 4.88 Å². The molecular weight excluding hydrogens is 450 g/mol. The highest BCUT2D eigenvalue weighted by molar-refractivity contribution is 7.09. The average molecular weight is 478 g/mol. The minimum Gasteiger partial charge on any atom is -0.507 e. The van der Waals surface area contributed by atoms with Gasteiger partial charge in [-0.1, -0.05) is 50.2 Å². The van der Waals surface area contributed by atoms with E-state index in [-0.39, 0.29) is 17.9 Å². The van der Waals surface area contributed by atoms with Crippen molar-refractivity contribution in [3.8, 4) is 11.5 Å². The zero-order valence-electron chi connectivity index (χ0n) is 19.4. The molecule has 0 bridgehead atoms. The number of thiophene rings is 1. The number of carbonyl (C=O) groups excluding carboxylic acids is 2. The highest BCUT2D eigenvalue weighted by Crippen LogP contribution is 2.43. The number of rotatable bonds is 8. The van der Waals surface area contributed by atoms with Gasteiger partial charge in [0.15, 0.2) is 0 Å². The molecule has 1 saturated heterocycles. The predicted octanol–water partition coefficient (Wildman–Crippen LogP) is 5.41. The molecule has 0 radical (unpaired) electrons. The van der Waals surface area contributed by atoms with E-state index in [1.54, 1.807) is 37.4 Å². The van der Waals surface area contributed by atoms with Crippen LogP contribution in [0.2, 0.25) is 0 Å². The molecule has 4 rings (SSSR count). The van der Waals surface area contributed by atoms with E-state index in [1.165, 1.54) is 16.2 Å². The highest BCUT2D eigenvalue weighted by atomic mass is 32.1. The SMILES string of the molecule is COc1ccccc1C1/C(=C(/O)c2cccc(OCC(C)C)c2)C(=O)C(=O)N1Cc1cccs1. The standard InChI is InChI=1S/C27H27NO5S/c1-17(2)16-33-19-9-6-8-18(14-19)25(29)23-24(21-11-4-5-12-22(21)32-3)28(27(31)26(23)30)15-20-10-7-13-34-20/h4-14,17,24,29H,15-16H2,1-3H3/b25-23-. The number of ketones is 1. The summed E-state index contributed by atoms with van der Waals surface area (Å²) in [4.78, 5) is 28.9. The topological polar surface area (TPSA) is 76.1 Å². The summed E-state index contributed by atoms with van der Waals surface area (Å²) < 4.78 is 11.3. The van der Waals surface area contributed by atoms with Crippen LogP contribution in [0, 0.1) is 5.92 Å². The normalized spacial score (nSPS) is 17.4. The number of hydrogen-bond acceptors (Lipinski definition) is 6. The number of para-hydroxylation sites is 1. The van der Waals surface area contributed by atoms with Crippen molar-refractivity contribution >= 4 is 28.8 Å². The summed E-state index contributed by atoms with van der Waals surface area (Å²) in [5.41, 5.74) is 1.08. The molecule has 1 fully saturated rings. The Kier molecular flexibility index (Phi) is 7.03. The molecule has 2 heterocycles. The number of ether oxygens (including phenoxy) is 2. The number of methoxy groups -OCH3 is 1. The second kappa shape index (κ2) is 10.1. The van der Waals surface area contributed by atoms with Crippen molar-refractivity contribution in [1.82, 2.24) is 4.90 Å². The van der Waals surface area contributed by atoms with E-state index >= 15 is 0 Å². The van der Waals surface area contributed by atoms with E-state index in [2.05, 4.69) is 0 Å². The first-order valence-electron chi connectivity index (χ1n) is 11.1. The minimum absolute atomic E-state index is 0.0343. The second-order valence-electron chi connectivity index (χ2n) is 8.48. The van der Waals surface area contributed by atoms with Crippen molar-refractivity contribution in [1.29, 1.82) is 0 Å². The quantitative estimate of drug-likeness (QED) is 0.267. The van der Waals surface area contributed by atoms with E-state index in [9.17, 15) is 14.7 Å². The highest BCUT2D eigenvalue weighted by Gasteiger charge is 2.47. The van der Waals surface area contributed by atoms with Gasteiger partial charge >= 0.3 is 0 Å². The Morgan fingerprint density at radius 2 is 1.88 bits per heavy atom. The van der Waals surface area contributed by atoms with Crippen LogP contribution in [0.15, 0.2) is 71.6 Å². The van der Waals surface area contributed by atoms with Crippen LogP contribution in [-0.4, -0.2) is 35.4 Å². The number of aliphatic hydroxyl groups excluding tert-OH is 1. The van der Waals surface area contributed by atoms with Gasteiger partial charge in [0.05, 0.1) is 31.9 Å². The number of hydrogen-bond donors (Lipinski definition) is 1. The van der Waals surface area contributed by atoms with Crippen molar-refractivity contribution < 1.29 is 24.2 Å². The fourth-order valence-corrected chi connectivity index (χ4v) is 4.68. The largest absolute Gasteiger partial charge is 0.507 e. The lowest BCUT2D eigenvalue weighted by atomic mass is 9.94. The number of Topliss-reactive ketones (excluding diaryl/α,β-unsaturated/α-hetero) is 1. The molecule has 1 aliphatic heterocycles. The van der Waals surface area contributed by atoms with Gasteiger partial charge in [-0.3, -0.25) is 9.59 Å². The Hall–Kier alpha value is -3.58. The van der Waals surface area contributed by atoms with Crippen LogP contribution < -0.4 is 9.47 Å². The monoisotopic (exact) mass is 477 g/mol. The molecule has 0 aliphatic carbocycles. The van der Waals surface area contributed by atoms with Gasteiger partial charge in [-0.25, -0.2) is 0 Å². The first-order chi connectivity index (χ1) is 16.4. The van der Waals surface area contributed by atoms with Crippen LogP contribution in [0.5, 0.6) is 11.5 Å². The molecule has 0 spiro atoms. The van der Waals surface area contributed by atoms with Crippen LogP contribution >= 0.6 is 11.3 Å². The van der Waals surface area contributed by atoms with E-state index in [1.807, 2.05) is 49.6 Å². The zero-order chi connectivity index (χ0) is 24.2. The lowest BCUT2D eigenvalue weighted by molar-refractivity contribution is -0.140.